The molecule has 10 rings (SSSR count). The van der Waals surface area contributed by atoms with Gasteiger partial charge in [-0.05, 0) is 150 Å². The van der Waals surface area contributed by atoms with E-state index in [1.807, 2.05) is 0 Å². The lowest BCUT2D eigenvalue weighted by Crippen LogP contribution is -2.16. The number of hydrogen-bond acceptors (Lipinski definition) is 2. The largest absolute Gasteiger partial charge is 0.310 e. The van der Waals surface area contributed by atoms with Gasteiger partial charge in [-0.1, -0.05) is 151 Å². The van der Waals surface area contributed by atoms with Crippen LogP contribution in [0.5, 0.6) is 0 Å². The van der Waals surface area contributed by atoms with Crippen molar-refractivity contribution >= 4 is 66.4 Å². The number of nitrogens with zero attached hydrogens (tertiary/aromatic N) is 2. The zero-order valence-electron chi connectivity index (χ0n) is 34.9. The second kappa shape index (κ2) is 14.3. The van der Waals surface area contributed by atoms with Crippen LogP contribution in [0.25, 0.3) is 43.4 Å². The van der Waals surface area contributed by atoms with Gasteiger partial charge in [0.1, 0.15) is 0 Å². The molecule has 0 heterocycles. The lowest BCUT2D eigenvalue weighted by atomic mass is 9.77. The van der Waals surface area contributed by atoms with Crippen molar-refractivity contribution in [2.24, 2.45) is 0 Å². The predicted octanol–water partition coefficient (Wildman–Crippen LogP) is 16.6. The molecule has 59 heavy (non-hydrogen) atoms. The molecular formula is C57H50N2. The highest BCUT2D eigenvalue weighted by Crippen LogP contribution is 2.57. The van der Waals surface area contributed by atoms with Crippen LogP contribution < -0.4 is 9.80 Å². The van der Waals surface area contributed by atoms with Crippen molar-refractivity contribution in [1.82, 2.24) is 0 Å². The molecule has 1 aliphatic carbocycles. The van der Waals surface area contributed by atoms with Gasteiger partial charge < -0.3 is 9.80 Å². The number of fused-ring (bicyclic) bond motifs is 10. The van der Waals surface area contributed by atoms with Gasteiger partial charge in [0.25, 0.3) is 0 Å². The Morgan fingerprint density at radius 3 is 1.36 bits per heavy atom. The lowest BCUT2D eigenvalue weighted by molar-refractivity contribution is 0.672. The Morgan fingerprint density at radius 2 is 0.814 bits per heavy atom. The molecule has 0 spiro atoms. The first-order valence-electron chi connectivity index (χ1n) is 21.2. The van der Waals surface area contributed by atoms with Gasteiger partial charge in [0.15, 0.2) is 0 Å². The monoisotopic (exact) mass is 762 g/mol. The van der Waals surface area contributed by atoms with Crippen LogP contribution in [-0.4, -0.2) is 0 Å². The van der Waals surface area contributed by atoms with Gasteiger partial charge in [0, 0.05) is 39.5 Å². The molecule has 1 aliphatic rings. The van der Waals surface area contributed by atoms with E-state index < -0.39 is 0 Å². The van der Waals surface area contributed by atoms with Crippen LogP contribution in [0.3, 0.4) is 0 Å². The number of benzene rings is 9. The average Bonchev–Trinajstić information content (AvgIpc) is 3.52. The summed E-state index contributed by atoms with van der Waals surface area (Å²) in [5, 5.41) is 7.75. The Bertz CT molecular complexity index is 3000. The predicted molar refractivity (Wildman–Crippen MR) is 254 cm³/mol. The molecular weight excluding hydrogens is 713 g/mol. The van der Waals surface area contributed by atoms with Crippen LogP contribution in [0.4, 0.5) is 34.1 Å². The highest BCUT2D eigenvalue weighted by Gasteiger charge is 2.40. The molecule has 0 unspecified atom stereocenters. The Labute approximate surface area is 349 Å². The van der Waals surface area contributed by atoms with E-state index in [-0.39, 0.29) is 5.41 Å². The van der Waals surface area contributed by atoms with Crippen molar-refractivity contribution in [1.29, 1.82) is 0 Å². The third-order valence-corrected chi connectivity index (χ3v) is 12.7. The number of rotatable bonds is 8. The van der Waals surface area contributed by atoms with Crippen LogP contribution in [0, 0.1) is 0 Å². The maximum Gasteiger partial charge on any atom is 0.0468 e. The first-order valence-corrected chi connectivity index (χ1v) is 21.2. The summed E-state index contributed by atoms with van der Waals surface area (Å²) in [6.45, 7) is 13.9. The van der Waals surface area contributed by atoms with E-state index in [0.29, 0.717) is 11.8 Å². The molecule has 0 aromatic heterocycles. The van der Waals surface area contributed by atoms with Crippen molar-refractivity contribution in [3.8, 4) is 11.1 Å². The van der Waals surface area contributed by atoms with Gasteiger partial charge in [-0.15, -0.1) is 0 Å². The molecule has 0 radical (unpaired) electrons. The fraction of sp³-hybridized carbons (Fsp3) is 0.158. The summed E-state index contributed by atoms with van der Waals surface area (Å²) in [6.07, 6.45) is 0. The van der Waals surface area contributed by atoms with Gasteiger partial charge in [-0.25, -0.2) is 0 Å². The molecule has 2 nitrogen and oxygen atoms in total. The fourth-order valence-electron chi connectivity index (χ4n) is 9.77. The van der Waals surface area contributed by atoms with Gasteiger partial charge in [-0.2, -0.15) is 0 Å². The first-order chi connectivity index (χ1) is 28.7. The number of hydrogen-bond donors (Lipinski definition) is 0. The highest BCUT2D eigenvalue weighted by atomic mass is 15.1. The highest BCUT2D eigenvalue weighted by molar-refractivity contribution is 6.20. The molecule has 0 fully saturated rings. The van der Waals surface area contributed by atoms with E-state index in [0.717, 1.165) is 34.1 Å². The molecule has 0 saturated heterocycles. The minimum Gasteiger partial charge on any atom is -0.310 e. The zero-order chi connectivity index (χ0) is 40.4. The van der Waals surface area contributed by atoms with E-state index in [4.69, 9.17) is 0 Å². The molecule has 0 N–H and O–H groups in total. The number of anilines is 6. The van der Waals surface area contributed by atoms with E-state index in [1.165, 1.54) is 65.7 Å². The second-order valence-corrected chi connectivity index (χ2v) is 17.4. The van der Waals surface area contributed by atoms with Crippen LogP contribution in [0.15, 0.2) is 182 Å². The van der Waals surface area contributed by atoms with E-state index in [2.05, 4.69) is 233 Å². The molecule has 288 valence electrons. The summed E-state index contributed by atoms with van der Waals surface area (Å²) in [6, 6.07) is 67.7. The SMILES string of the molecule is CC(C)c1ccc(N(c2ccccc2)c2ccc3c4c(ccc3c2)-c2c(c3ccc(N(c5ccccc5)c5ccc(C(C)C)cc5)cc3c3ccccc23)C4(C)C)cc1. The van der Waals surface area contributed by atoms with Gasteiger partial charge in [0.2, 0.25) is 0 Å². The maximum atomic E-state index is 2.44. The minimum absolute atomic E-state index is 0.243. The summed E-state index contributed by atoms with van der Waals surface area (Å²) in [4.78, 5) is 4.78. The molecule has 0 atom stereocenters. The Kier molecular flexibility index (Phi) is 8.91. The molecule has 9 aromatic rings. The summed E-state index contributed by atoms with van der Waals surface area (Å²) in [7, 11) is 0. The second-order valence-electron chi connectivity index (χ2n) is 17.4. The van der Waals surface area contributed by atoms with Crippen LogP contribution in [0.1, 0.15) is 75.6 Å². The fourth-order valence-corrected chi connectivity index (χ4v) is 9.77. The maximum absolute atomic E-state index is 2.44. The molecule has 0 saturated carbocycles. The summed E-state index contributed by atoms with van der Waals surface area (Å²) < 4.78 is 0. The quantitative estimate of drug-likeness (QED) is 0.142. The third-order valence-electron chi connectivity index (χ3n) is 12.7. The Balaban J connectivity index is 1.14. The van der Waals surface area contributed by atoms with Crippen LogP contribution in [0.2, 0.25) is 0 Å². The third kappa shape index (κ3) is 6.09. The van der Waals surface area contributed by atoms with E-state index in [9.17, 15) is 0 Å². The van der Waals surface area contributed by atoms with Crippen molar-refractivity contribution in [3.63, 3.8) is 0 Å². The van der Waals surface area contributed by atoms with Crippen molar-refractivity contribution in [3.05, 3.63) is 204 Å². The Hall–Kier alpha value is -6.64. The van der Waals surface area contributed by atoms with Crippen molar-refractivity contribution in [2.45, 2.75) is 58.8 Å². The molecule has 0 aliphatic heterocycles. The number of para-hydroxylation sites is 2. The molecule has 0 amide bonds. The van der Waals surface area contributed by atoms with Gasteiger partial charge in [-0.3, -0.25) is 0 Å². The summed E-state index contributed by atoms with van der Waals surface area (Å²) >= 11 is 0. The zero-order valence-corrected chi connectivity index (χ0v) is 34.9. The molecule has 2 heteroatoms. The normalized spacial score (nSPS) is 13.0. The van der Waals surface area contributed by atoms with Crippen molar-refractivity contribution < 1.29 is 0 Å². The standard InChI is InChI=1S/C57H50N2/c1-37(2)39-21-26-44(27-22-39)58(42-15-9-7-10-16-42)46-30-33-48-41(35-46)25-32-52-54-50-20-14-13-19-49(50)53-36-47(31-34-51(53)56(54)57(5,6)55(48)52)59(43-17-11-8-12-18-43)45-28-23-40(24-29-45)38(3)4/h7-38H,1-6H3. The topological polar surface area (TPSA) is 6.48 Å². The lowest BCUT2D eigenvalue weighted by Gasteiger charge is -2.28. The van der Waals surface area contributed by atoms with Crippen LogP contribution >= 0.6 is 0 Å². The Morgan fingerprint density at radius 1 is 0.356 bits per heavy atom. The minimum atomic E-state index is -0.243. The van der Waals surface area contributed by atoms with E-state index >= 15 is 0 Å². The summed E-state index contributed by atoms with van der Waals surface area (Å²) in [5.41, 5.74) is 14.9. The molecule has 9 aromatic carbocycles. The smallest absolute Gasteiger partial charge is 0.0468 e. The van der Waals surface area contributed by atoms with Crippen molar-refractivity contribution in [2.75, 3.05) is 9.80 Å². The average molecular weight is 763 g/mol. The van der Waals surface area contributed by atoms with Gasteiger partial charge in [0.05, 0.1) is 0 Å². The molecule has 0 bridgehead atoms. The van der Waals surface area contributed by atoms with E-state index in [1.54, 1.807) is 0 Å². The van der Waals surface area contributed by atoms with Gasteiger partial charge >= 0.3 is 0 Å². The van der Waals surface area contributed by atoms with Crippen LogP contribution in [-0.2, 0) is 5.41 Å². The first kappa shape index (κ1) is 36.7. The summed E-state index contributed by atoms with van der Waals surface area (Å²) in [5.74, 6) is 0.962.